The lowest BCUT2D eigenvalue weighted by Gasteiger charge is -2.14. The predicted octanol–water partition coefficient (Wildman–Crippen LogP) is 5.44. The highest BCUT2D eigenvalue weighted by Gasteiger charge is 2.22. The van der Waals surface area contributed by atoms with E-state index >= 15 is 0 Å². The number of carbonyl (C=O) groups is 2. The smallest absolute Gasteiger partial charge is 0.324 e. The van der Waals surface area contributed by atoms with Crippen molar-refractivity contribution >= 4 is 34.5 Å². The minimum Gasteiger partial charge on any atom is -0.457 e. The van der Waals surface area contributed by atoms with Crippen molar-refractivity contribution in [2.75, 3.05) is 17.7 Å². The number of nitrogens with zero attached hydrogens (tertiary/aromatic N) is 5. The van der Waals surface area contributed by atoms with E-state index in [4.69, 9.17) is 9.84 Å². The molecule has 0 aliphatic carbocycles. The highest BCUT2D eigenvalue weighted by Crippen LogP contribution is 2.29. The standard InChI is InChI=1S/C29H27FN8O3/c1-29(2,3)25-16-26(38(37-25)17-5-7-22-23(13-17)34-12-11-33-22)36-28(40)35-21-8-6-18(14-20(21)30)41-19-9-10-32-24(15-19)27(39)31-4/h5-16H,1-4H3,(H,31,39)(H2,35,36,40). The molecule has 3 aromatic heterocycles. The Kier molecular flexibility index (Phi) is 7.30. The van der Waals surface area contributed by atoms with Crippen LogP contribution in [0.4, 0.5) is 20.7 Å². The summed E-state index contributed by atoms with van der Waals surface area (Å²) in [6.45, 7) is 6.04. The normalized spacial score (nSPS) is 11.2. The van der Waals surface area contributed by atoms with Gasteiger partial charge in [0.05, 0.1) is 28.1 Å². The minimum absolute atomic E-state index is 0.0567. The van der Waals surface area contributed by atoms with E-state index in [2.05, 4.69) is 30.9 Å². The number of hydrogen-bond acceptors (Lipinski definition) is 7. The van der Waals surface area contributed by atoms with Gasteiger partial charge in [-0.3, -0.25) is 25.1 Å². The van der Waals surface area contributed by atoms with E-state index in [1.165, 1.54) is 31.4 Å². The number of aromatic nitrogens is 5. The highest BCUT2D eigenvalue weighted by atomic mass is 19.1. The van der Waals surface area contributed by atoms with Gasteiger partial charge < -0.3 is 15.4 Å². The molecular formula is C29H27FN8O3. The second-order valence-electron chi connectivity index (χ2n) is 10.1. The van der Waals surface area contributed by atoms with E-state index in [1.54, 1.807) is 29.2 Å². The lowest BCUT2D eigenvalue weighted by molar-refractivity contribution is 0.0957. The van der Waals surface area contributed by atoms with E-state index in [1.807, 2.05) is 39.0 Å². The van der Waals surface area contributed by atoms with Crippen molar-refractivity contribution in [1.82, 2.24) is 30.0 Å². The molecule has 5 aromatic rings. The second-order valence-corrected chi connectivity index (χ2v) is 10.1. The van der Waals surface area contributed by atoms with Gasteiger partial charge in [0.2, 0.25) is 0 Å². The molecule has 0 bridgehead atoms. The molecule has 5 rings (SSSR count). The zero-order valence-corrected chi connectivity index (χ0v) is 22.8. The Labute approximate surface area is 234 Å². The summed E-state index contributed by atoms with van der Waals surface area (Å²) in [5.41, 5.74) is 2.62. The van der Waals surface area contributed by atoms with Gasteiger partial charge in [-0.25, -0.2) is 13.9 Å². The number of pyridine rings is 1. The van der Waals surface area contributed by atoms with Crippen LogP contribution in [0.3, 0.4) is 0 Å². The van der Waals surface area contributed by atoms with E-state index in [0.717, 1.165) is 17.3 Å². The first-order chi connectivity index (χ1) is 19.6. The number of urea groups is 1. The van der Waals surface area contributed by atoms with Crippen molar-refractivity contribution in [2.24, 2.45) is 0 Å². The van der Waals surface area contributed by atoms with Crippen molar-refractivity contribution < 1.29 is 18.7 Å². The fourth-order valence-corrected chi connectivity index (χ4v) is 3.91. The van der Waals surface area contributed by atoms with E-state index in [-0.39, 0.29) is 28.5 Å². The molecule has 3 N–H and O–H groups in total. The van der Waals surface area contributed by atoms with Gasteiger partial charge in [0.15, 0.2) is 0 Å². The van der Waals surface area contributed by atoms with E-state index in [0.29, 0.717) is 22.8 Å². The van der Waals surface area contributed by atoms with Crippen molar-refractivity contribution in [2.45, 2.75) is 26.2 Å². The Morgan fingerprint density at radius 2 is 1.61 bits per heavy atom. The molecule has 0 spiro atoms. The first-order valence-electron chi connectivity index (χ1n) is 12.7. The monoisotopic (exact) mass is 554 g/mol. The number of anilines is 2. The van der Waals surface area contributed by atoms with Gasteiger partial charge in [-0.15, -0.1) is 0 Å². The summed E-state index contributed by atoms with van der Waals surface area (Å²) in [6, 6.07) is 13.6. The molecule has 0 atom stereocenters. The van der Waals surface area contributed by atoms with Crippen LogP contribution in [0, 0.1) is 5.82 Å². The first kappa shape index (κ1) is 27.2. The molecule has 0 fully saturated rings. The van der Waals surface area contributed by atoms with Crippen LogP contribution >= 0.6 is 0 Å². The molecule has 11 nitrogen and oxygen atoms in total. The summed E-state index contributed by atoms with van der Waals surface area (Å²) in [5.74, 6) is -0.220. The maximum Gasteiger partial charge on any atom is 0.324 e. The molecule has 41 heavy (non-hydrogen) atoms. The number of rotatable bonds is 6. The summed E-state index contributed by atoms with van der Waals surface area (Å²) < 4.78 is 22.2. The maximum atomic E-state index is 14.9. The Morgan fingerprint density at radius 1 is 0.854 bits per heavy atom. The molecular weight excluding hydrogens is 527 g/mol. The molecule has 208 valence electrons. The fraction of sp³-hybridized carbons (Fsp3) is 0.172. The van der Waals surface area contributed by atoms with Crippen LogP contribution in [0.5, 0.6) is 11.5 Å². The average Bonchev–Trinajstić information content (AvgIpc) is 3.38. The van der Waals surface area contributed by atoms with Gasteiger partial charge in [0.1, 0.15) is 28.8 Å². The van der Waals surface area contributed by atoms with Crippen LogP contribution in [-0.2, 0) is 5.41 Å². The Bertz CT molecular complexity index is 1760. The third-order valence-electron chi connectivity index (χ3n) is 6.03. The minimum atomic E-state index is -0.713. The van der Waals surface area contributed by atoms with E-state index < -0.39 is 11.8 Å². The SMILES string of the molecule is CNC(=O)c1cc(Oc2ccc(NC(=O)Nc3cc(C(C)(C)C)nn3-c3ccc4nccnc4c3)c(F)c2)ccn1. The molecule has 0 radical (unpaired) electrons. The summed E-state index contributed by atoms with van der Waals surface area (Å²) in [5, 5.41) is 12.5. The van der Waals surface area contributed by atoms with Crippen molar-refractivity contribution in [3.05, 3.63) is 90.4 Å². The number of ether oxygens (including phenoxy) is 1. The van der Waals surface area contributed by atoms with Crippen LogP contribution in [0.2, 0.25) is 0 Å². The highest BCUT2D eigenvalue weighted by molar-refractivity contribution is 5.99. The molecule has 0 saturated heterocycles. The van der Waals surface area contributed by atoms with E-state index in [9.17, 15) is 14.0 Å². The second kappa shape index (κ2) is 11.0. The maximum absolute atomic E-state index is 14.9. The van der Waals surface area contributed by atoms with Crippen LogP contribution in [0.15, 0.2) is 73.2 Å². The molecule has 3 amide bonds. The number of amides is 3. The molecule has 0 aliphatic heterocycles. The molecule has 2 aromatic carbocycles. The number of benzene rings is 2. The van der Waals surface area contributed by atoms with Crippen molar-refractivity contribution in [3.63, 3.8) is 0 Å². The van der Waals surface area contributed by atoms with Gasteiger partial charge in [0, 0.05) is 49.3 Å². The predicted molar refractivity (Wildman–Crippen MR) is 152 cm³/mol. The zero-order chi connectivity index (χ0) is 29.1. The largest absolute Gasteiger partial charge is 0.457 e. The fourth-order valence-electron chi connectivity index (χ4n) is 3.91. The Balaban J connectivity index is 1.34. The third-order valence-corrected chi connectivity index (χ3v) is 6.03. The zero-order valence-electron chi connectivity index (χ0n) is 22.8. The molecule has 0 aliphatic rings. The number of nitrogens with one attached hydrogen (secondary N) is 3. The van der Waals surface area contributed by atoms with Crippen LogP contribution in [0.1, 0.15) is 37.0 Å². The molecule has 12 heteroatoms. The average molecular weight is 555 g/mol. The van der Waals surface area contributed by atoms with Gasteiger partial charge >= 0.3 is 6.03 Å². The lowest BCUT2D eigenvalue weighted by atomic mass is 9.92. The van der Waals surface area contributed by atoms with Crippen LogP contribution in [-0.4, -0.2) is 43.7 Å². The van der Waals surface area contributed by atoms with Crippen LogP contribution in [0.25, 0.3) is 16.7 Å². The molecule has 3 heterocycles. The number of carbonyl (C=O) groups excluding carboxylic acids is 2. The number of fused-ring (bicyclic) bond motifs is 1. The van der Waals surface area contributed by atoms with Gasteiger partial charge in [-0.05, 0) is 36.4 Å². The van der Waals surface area contributed by atoms with Crippen molar-refractivity contribution in [1.29, 1.82) is 0 Å². The molecule has 0 saturated carbocycles. The summed E-state index contributed by atoms with van der Waals surface area (Å²) >= 11 is 0. The van der Waals surface area contributed by atoms with Gasteiger partial charge in [0.25, 0.3) is 5.91 Å². The topological polar surface area (TPSA) is 136 Å². The Hall–Kier alpha value is -5.39. The lowest BCUT2D eigenvalue weighted by Crippen LogP contribution is -2.22. The first-order valence-corrected chi connectivity index (χ1v) is 12.7. The number of hydrogen-bond donors (Lipinski definition) is 3. The number of halogens is 1. The third kappa shape index (κ3) is 6.11. The summed E-state index contributed by atoms with van der Waals surface area (Å²) in [6.07, 6.45) is 4.63. The summed E-state index contributed by atoms with van der Waals surface area (Å²) in [4.78, 5) is 37.4. The van der Waals surface area contributed by atoms with Crippen molar-refractivity contribution in [3.8, 4) is 17.2 Å². The van der Waals surface area contributed by atoms with Crippen LogP contribution < -0.4 is 20.7 Å². The van der Waals surface area contributed by atoms with Gasteiger partial charge in [-0.1, -0.05) is 20.8 Å². The Morgan fingerprint density at radius 3 is 2.34 bits per heavy atom. The molecule has 0 unspecified atom stereocenters. The quantitative estimate of drug-likeness (QED) is 0.254. The summed E-state index contributed by atoms with van der Waals surface area (Å²) in [7, 11) is 1.49. The van der Waals surface area contributed by atoms with Gasteiger partial charge in [-0.2, -0.15) is 5.10 Å².